The summed E-state index contributed by atoms with van der Waals surface area (Å²) in [6, 6.07) is 6.20. The smallest absolute Gasteiger partial charge is 0.0328 e. The summed E-state index contributed by atoms with van der Waals surface area (Å²) in [5.74, 6) is 0. The molecule has 106 valence electrons. The van der Waals surface area contributed by atoms with Gasteiger partial charge in [-0.2, -0.15) is 0 Å². The molecular formula is C16H26N2S. The minimum Gasteiger partial charge on any atom is -0.310 e. The topological polar surface area (TPSA) is 15.3 Å². The number of fused-ring (bicyclic) bond motifs is 2. The Morgan fingerprint density at radius 2 is 2.00 bits per heavy atom. The van der Waals surface area contributed by atoms with Crippen LogP contribution in [0.5, 0.6) is 0 Å². The molecule has 0 aromatic carbocycles. The van der Waals surface area contributed by atoms with Crippen LogP contribution in [-0.2, 0) is 12.0 Å². The van der Waals surface area contributed by atoms with E-state index in [4.69, 9.17) is 0 Å². The van der Waals surface area contributed by atoms with Crippen LogP contribution < -0.4 is 5.32 Å². The molecule has 2 saturated heterocycles. The lowest BCUT2D eigenvalue weighted by atomic mass is 9.95. The summed E-state index contributed by atoms with van der Waals surface area (Å²) in [5.41, 5.74) is 0.294. The van der Waals surface area contributed by atoms with Crippen LogP contribution in [0.25, 0.3) is 0 Å². The standard InChI is InChI=1S/C16H26N2S/c1-16(2,3)15-7-6-14(19-15)11-18-9-8-12-4-5-13(10-18)17-12/h6-7,12-13,17H,4-5,8-11H2,1-3H3. The highest BCUT2D eigenvalue weighted by Crippen LogP contribution is 2.30. The molecule has 1 N–H and O–H groups in total. The second-order valence-electron chi connectivity index (χ2n) is 7.18. The fraction of sp³-hybridized carbons (Fsp3) is 0.750. The Balaban J connectivity index is 1.63. The fourth-order valence-corrected chi connectivity index (χ4v) is 4.35. The van der Waals surface area contributed by atoms with Gasteiger partial charge in [0.1, 0.15) is 0 Å². The third kappa shape index (κ3) is 3.21. The van der Waals surface area contributed by atoms with Gasteiger partial charge in [-0.25, -0.2) is 0 Å². The van der Waals surface area contributed by atoms with Crippen molar-refractivity contribution < 1.29 is 0 Å². The van der Waals surface area contributed by atoms with Crippen LogP contribution in [0.15, 0.2) is 12.1 Å². The van der Waals surface area contributed by atoms with E-state index in [9.17, 15) is 0 Å². The van der Waals surface area contributed by atoms with Gasteiger partial charge in [0.05, 0.1) is 0 Å². The zero-order valence-corrected chi connectivity index (χ0v) is 13.2. The van der Waals surface area contributed by atoms with Crippen molar-refractivity contribution >= 4 is 11.3 Å². The molecule has 1 aromatic rings. The van der Waals surface area contributed by atoms with Gasteiger partial charge in [-0.05, 0) is 36.8 Å². The van der Waals surface area contributed by atoms with E-state index in [-0.39, 0.29) is 0 Å². The average Bonchev–Trinajstić information content (AvgIpc) is 2.88. The second kappa shape index (κ2) is 5.19. The summed E-state index contributed by atoms with van der Waals surface area (Å²) in [6.45, 7) is 10.5. The first-order chi connectivity index (χ1) is 9.00. The van der Waals surface area contributed by atoms with Crippen molar-refractivity contribution in [1.82, 2.24) is 10.2 Å². The van der Waals surface area contributed by atoms with Gasteiger partial charge in [0.25, 0.3) is 0 Å². The van der Waals surface area contributed by atoms with E-state index in [0.29, 0.717) is 5.41 Å². The predicted molar refractivity (Wildman–Crippen MR) is 82.9 cm³/mol. The molecule has 0 radical (unpaired) electrons. The lowest BCUT2D eigenvalue weighted by Crippen LogP contribution is -2.34. The molecule has 2 bridgehead atoms. The van der Waals surface area contributed by atoms with Crippen LogP contribution in [0, 0.1) is 0 Å². The van der Waals surface area contributed by atoms with Gasteiger partial charge in [0.15, 0.2) is 0 Å². The van der Waals surface area contributed by atoms with E-state index in [1.54, 1.807) is 0 Å². The van der Waals surface area contributed by atoms with E-state index in [0.717, 1.165) is 18.6 Å². The van der Waals surface area contributed by atoms with Crippen LogP contribution in [0.4, 0.5) is 0 Å². The van der Waals surface area contributed by atoms with Gasteiger partial charge < -0.3 is 5.32 Å². The molecule has 3 heterocycles. The SMILES string of the molecule is CC(C)(C)c1ccc(CN2CCC3CCC(C2)N3)s1. The summed E-state index contributed by atoms with van der Waals surface area (Å²) in [7, 11) is 0. The Labute approximate surface area is 121 Å². The number of nitrogens with zero attached hydrogens (tertiary/aromatic N) is 1. The molecule has 0 spiro atoms. The highest BCUT2D eigenvalue weighted by molar-refractivity contribution is 7.12. The summed E-state index contributed by atoms with van der Waals surface area (Å²) in [4.78, 5) is 5.69. The zero-order valence-electron chi connectivity index (χ0n) is 12.4. The molecular weight excluding hydrogens is 252 g/mol. The van der Waals surface area contributed by atoms with Gasteiger partial charge in [-0.3, -0.25) is 4.90 Å². The molecule has 0 saturated carbocycles. The highest BCUT2D eigenvalue weighted by Gasteiger charge is 2.29. The lowest BCUT2D eigenvalue weighted by Gasteiger charge is -2.23. The van der Waals surface area contributed by atoms with Crippen molar-refractivity contribution in [3.8, 4) is 0 Å². The normalized spacial score (nSPS) is 28.6. The van der Waals surface area contributed by atoms with Gasteiger partial charge >= 0.3 is 0 Å². The maximum atomic E-state index is 3.76. The van der Waals surface area contributed by atoms with Crippen molar-refractivity contribution in [2.45, 2.75) is 64.1 Å². The number of hydrogen-bond donors (Lipinski definition) is 1. The first kappa shape index (κ1) is 13.6. The van der Waals surface area contributed by atoms with E-state index in [2.05, 4.69) is 43.1 Å². The van der Waals surface area contributed by atoms with Crippen LogP contribution in [0.1, 0.15) is 49.8 Å². The molecule has 1 aromatic heterocycles. The monoisotopic (exact) mass is 278 g/mol. The summed E-state index contributed by atoms with van der Waals surface area (Å²) >= 11 is 2.00. The number of hydrogen-bond acceptors (Lipinski definition) is 3. The molecule has 2 atom stereocenters. The number of nitrogens with one attached hydrogen (secondary N) is 1. The van der Waals surface area contributed by atoms with Crippen molar-refractivity contribution in [2.24, 2.45) is 0 Å². The molecule has 0 aliphatic carbocycles. The van der Waals surface area contributed by atoms with Crippen LogP contribution in [0.3, 0.4) is 0 Å². The average molecular weight is 278 g/mol. The van der Waals surface area contributed by atoms with Gasteiger partial charge in [0, 0.05) is 41.5 Å². The molecule has 2 fully saturated rings. The molecule has 2 aliphatic rings. The molecule has 2 aliphatic heterocycles. The van der Waals surface area contributed by atoms with E-state index in [1.807, 2.05) is 11.3 Å². The minimum absolute atomic E-state index is 0.294. The Morgan fingerprint density at radius 1 is 1.21 bits per heavy atom. The third-order valence-corrected chi connectivity index (χ3v) is 5.88. The lowest BCUT2D eigenvalue weighted by molar-refractivity contribution is 0.253. The van der Waals surface area contributed by atoms with Crippen LogP contribution in [0.2, 0.25) is 0 Å². The predicted octanol–water partition coefficient (Wildman–Crippen LogP) is 3.37. The number of thiophene rings is 1. The first-order valence-corrected chi connectivity index (χ1v) is 8.40. The Bertz CT molecular complexity index is 432. The van der Waals surface area contributed by atoms with Gasteiger partial charge in [-0.15, -0.1) is 11.3 Å². The molecule has 3 heteroatoms. The fourth-order valence-electron chi connectivity index (χ4n) is 3.25. The molecule has 2 unspecified atom stereocenters. The molecule has 3 rings (SSSR count). The number of likely N-dealkylation sites (tertiary alicyclic amines) is 1. The van der Waals surface area contributed by atoms with E-state index < -0.39 is 0 Å². The summed E-state index contributed by atoms with van der Waals surface area (Å²) in [6.07, 6.45) is 4.10. The Morgan fingerprint density at radius 3 is 2.74 bits per heavy atom. The Hall–Kier alpha value is -0.380. The van der Waals surface area contributed by atoms with Crippen LogP contribution in [-0.4, -0.2) is 30.1 Å². The summed E-state index contributed by atoms with van der Waals surface area (Å²) in [5, 5.41) is 3.76. The van der Waals surface area contributed by atoms with Crippen LogP contribution >= 0.6 is 11.3 Å². The first-order valence-electron chi connectivity index (χ1n) is 7.58. The molecule has 2 nitrogen and oxygen atoms in total. The highest BCUT2D eigenvalue weighted by atomic mass is 32.1. The van der Waals surface area contributed by atoms with Gasteiger partial charge in [-0.1, -0.05) is 20.8 Å². The molecule has 19 heavy (non-hydrogen) atoms. The van der Waals surface area contributed by atoms with E-state index in [1.165, 1.54) is 42.1 Å². The zero-order chi connectivity index (χ0) is 13.5. The second-order valence-corrected chi connectivity index (χ2v) is 8.35. The molecule has 0 amide bonds. The van der Waals surface area contributed by atoms with Crippen molar-refractivity contribution in [3.05, 3.63) is 21.9 Å². The third-order valence-electron chi connectivity index (χ3n) is 4.39. The largest absolute Gasteiger partial charge is 0.310 e. The summed E-state index contributed by atoms with van der Waals surface area (Å²) < 4.78 is 0. The minimum atomic E-state index is 0.294. The maximum absolute atomic E-state index is 3.76. The Kier molecular flexibility index (Phi) is 3.71. The maximum Gasteiger partial charge on any atom is 0.0328 e. The number of rotatable bonds is 2. The van der Waals surface area contributed by atoms with Crippen molar-refractivity contribution in [2.75, 3.05) is 13.1 Å². The quantitative estimate of drug-likeness (QED) is 0.892. The van der Waals surface area contributed by atoms with Gasteiger partial charge in [0.2, 0.25) is 0 Å². The van der Waals surface area contributed by atoms with Crippen molar-refractivity contribution in [1.29, 1.82) is 0 Å². The van der Waals surface area contributed by atoms with Crippen molar-refractivity contribution in [3.63, 3.8) is 0 Å². The van der Waals surface area contributed by atoms with E-state index >= 15 is 0 Å².